The summed E-state index contributed by atoms with van der Waals surface area (Å²) < 4.78 is 0.658. The number of hydrogen-bond acceptors (Lipinski definition) is 4. The highest BCUT2D eigenvalue weighted by Gasteiger charge is 2.14. The average molecular weight is 342 g/mol. The van der Waals surface area contributed by atoms with Crippen molar-refractivity contribution in [3.63, 3.8) is 0 Å². The van der Waals surface area contributed by atoms with E-state index >= 15 is 0 Å². The molecule has 1 aromatic carbocycles. The van der Waals surface area contributed by atoms with Crippen LogP contribution in [-0.2, 0) is 0 Å². The van der Waals surface area contributed by atoms with Crippen LogP contribution >= 0.6 is 27.3 Å². The van der Waals surface area contributed by atoms with E-state index in [4.69, 9.17) is 5.11 Å². The number of carboxylic acid groups (broad SMARTS) is 1. The van der Waals surface area contributed by atoms with Gasteiger partial charge in [0.05, 0.1) is 10.6 Å². The largest absolute Gasteiger partial charge is 0.507 e. The number of rotatable bonds is 3. The second kappa shape index (κ2) is 5.41. The number of phenolic OH excluding ortho intramolecular Hbond substituents is 1. The van der Waals surface area contributed by atoms with Gasteiger partial charge in [0, 0.05) is 4.47 Å². The Morgan fingerprint density at radius 2 is 1.95 bits per heavy atom. The summed E-state index contributed by atoms with van der Waals surface area (Å²) in [5.41, 5.74) is 0.119. The van der Waals surface area contributed by atoms with E-state index in [1.54, 1.807) is 6.07 Å². The quantitative estimate of drug-likeness (QED) is 0.800. The van der Waals surface area contributed by atoms with Crippen LogP contribution in [0.4, 0.5) is 5.00 Å². The van der Waals surface area contributed by atoms with E-state index in [2.05, 4.69) is 21.2 Å². The average Bonchev–Trinajstić information content (AvgIpc) is 2.77. The maximum atomic E-state index is 11.9. The number of phenols is 1. The molecule has 2 rings (SSSR count). The molecule has 0 aliphatic heterocycles. The van der Waals surface area contributed by atoms with E-state index in [0.29, 0.717) is 9.47 Å². The first kappa shape index (κ1) is 13.6. The molecule has 5 nitrogen and oxygen atoms in total. The monoisotopic (exact) mass is 341 g/mol. The Kier molecular flexibility index (Phi) is 3.87. The zero-order chi connectivity index (χ0) is 14.0. The highest BCUT2D eigenvalue weighted by Crippen LogP contribution is 2.26. The van der Waals surface area contributed by atoms with Crippen molar-refractivity contribution in [1.29, 1.82) is 0 Å². The van der Waals surface area contributed by atoms with Gasteiger partial charge in [0.1, 0.15) is 10.6 Å². The number of nitrogens with one attached hydrogen (secondary N) is 1. The molecule has 7 heteroatoms. The van der Waals surface area contributed by atoms with Gasteiger partial charge in [-0.1, -0.05) is 15.9 Å². The van der Waals surface area contributed by atoms with Gasteiger partial charge in [0.2, 0.25) is 0 Å². The lowest BCUT2D eigenvalue weighted by Gasteiger charge is -2.05. The van der Waals surface area contributed by atoms with Crippen LogP contribution in [0, 0.1) is 0 Å². The van der Waals surface area contributed by atoms with Gasteiger partial charge in [-0.05, 0) is 30.3 Å². The number of amides is 1. The minimum absolute atomic E-state index is 0.119. The van der Waals surface area contributed by atoms with Crippen molar-refractivity contribution in [1.82, 2.24) is 0 Å². The fraction of sp³-hybridized carbons (Fsp3) is 0. The summed E-state index contributed by atoms with van der Waals surface area (Å²) in [5, 5.41) is 21.4. The van der Waals surface area contributed by atoms with Gasteiger partial charge in [0.15, 0.2) is 0 Å². The second-order valence-electron chi connectivity index (χ2n) is 3.58. The lowest BCUT2D eigenvalue weighted by Crippen LogP contribution is -2.10. The molecule has 19 heavy (non-hydrogen) atoms. The van der Waals surface area contributed by atoms with Crippen LogP contribution in [0.15, 0.2) is 34.8 Å². The van der Waals surface area contributed by atoms with E-state index in [9.17, 15) is 14.7 Å². The van der Waals surface area contributed by atoms with Crippen LogP contribution in [0.3, 0.4) is 0 Å². The molecule has 1 heterocycles. The number of aromatic hydroxyl groups is 1. The molecule has 0 saturated heterocycles. The second-order valence-corrected chi connectivity index (χ2v) is 5.58. The molecule has 1 amide bonds. The fourth-order valence-electron chi connectivity index (χ4n) is 1.40. The highest BCUT2D eigenvalue weighted by molar-refractivity contribution is 9.10. The number of thiophene rings is 1. The summed E-state index contributed by atoms with van der Waals surface area (Å²) in [4.78, 5) is 22.7. The van der Waals surface area contributed by atoms with E-state index in [0.717, 1.165) is 11.3 Å². The van der Waals surface area contributed by atoms with Gasteiger partial charge in [-0.15, -0.1) is 11.3 Å². The van der Waals surface area contributed by atoms with Crippen molar-refractivity contribution in [2.24, 2.45) is 0 Å². The van der Waals surface area contributed by atoms with Crippen LogP contribution in [0.1, 0.15) is 20.0 Å². The highest BCUT2D eigenvalue weighted by atomic mass is 79.9. The van der Waals surface area contributed by atoms with E-state index in [1.165, 1.54) is 24.3 Å². The predicted molar refractivity (Wildman–Crippen MR) is 75.0 cm³/mol. The number of carbonyl (C=O) groups is 2. The standard InChI is InChI=1S/C12H8BrNO4S/c13-6-1-2-7(8(15)5-6)11(16)14-10-4-3-9(19-10)12(17)18/h1-5,15H,(H,14,16)(H,17,18). The van der Waals surface area contributed by atoms with Crippen molar-refractivity contribution in [2.45, 2.75) is 0 Å². The van der Waals surface area contributed by atoms with Gasteiger partial charge in [-0.2, -0.15) is 0 Å². The molecule has 98 valence electrons. The molecule has 0 aliphatic rings. The molecule has 0 bridgehead atoms. The van der Waals surface area contributed by atoms with Crippen molar-refractivity contribution < 1.29 is 19.8 Å². The summed E-state index contributed by atoms with van der Waals surface area (Å²) in [7, 11) is 0. The minimum Gasteiger partial charge on any atom is -0.507 e. The molecule has 0 radical (unpaired) electrons. The molecular weight excluding hydrogens is 334 g/mol. The Bertz CT molecular complexity index is 653. The van der Waals surface area contributed by atoms with Crippen molar-refractivity contribution in [2.75, 3.05) is 5.32 Å². The molecule has 0 aliphatic carbocycles. The van der Waals surface area contributed by atoms with E-state index in [1.807, 2.05) is 0 Å². The first-order chi connectivity index (χ1) is 8.97. The Labute approximate surface area is 120 Å². The fourth-order valence-corrected chi connectivity index (χ4v) is 2.49. The molecule has 0 atom stereocenters. The summed E-state index contributed by atoms with van der Waals surface area (Å²) in [6.45, 7) is 0. The third kappa shape index (κ3) is 3.12. The Morgan fingerprint density at radius 1 is 1.21 bits per heavy atom. The van der Waals surface area contributed by atoms with Crippen LogP contribution in [0.25, 0.3) is 0 Å². The summed E-state index contributed by atoms with van der Waals surface area (Å²) in [6, 6.07) is 7.42. The Balaban J connectivity index is 2.18. The summed E-state index contributed by atoms with van der Waals surface area (Å²) >= 11 is 4.13. The van der Waals surface area contributed by atoms with Gasteiger partial charge < -0.3 is 15.5 Å². The molecule has 0 saturated carbocycles. The molecule has 1 aromatic heterocycles. The smallest absolute Gasteiger partial charge is 0.345 e. The van der Waals surface area contributed by atoms with Gasteiger partial charge in [-0.25, -0.2) is 4.79 Å². The summed E-state index contributed by atoms with van der Waals surface area (Å²) in [6.07, 6.45) is 0. The number of benzene rings is 1. The van der Waals surface area contributed by atoms with Crippen LogP contribution in [0.5, 0.6) is 5.75 Å². The normalized spacial score (nSPS) is 10.2. The lowest BCUT2D eigenvalue weighted by molar-refractivity contribution is 0.0702. The zero-order valence-electron chi connectivity index (χ0n) is 9.38. The van der Waals surface area contributed by atoms with Gasteiger partial charge in [-0.3, -0.25) is 4.79 Å². The Hall–Kier alpha value is -1.86. The third-order valence-corrected chi connectivity index (χ3v) is 3.74. The number of hydrogen-bond donors (Lipinski definition) is 3. The number of carboxylic acids is 1. The van der Waals surface area contributed by atoms with Gasteiger partial charge in [0.25, 0.3) is 5.91 Å². The molecule has 2 aromatic rings. The van der Waals surface area contributed by atoms with Crippen LogP contribution < -0.4 is 5.32 Å². The van der Waals surface area contributed by atoms with Crippen molar-refractivity contribution in [3.05, 3.63) is 45.2 Å². The topological polar surface area (TPSA) is 86.6 Å². The first-order valence-electron chi connectivity index (χ1n) is 5.10. The van der Waals surface area contributed by atoms with Gasteiger partial charge >= 0.3 is 5.97 Å². The molecule has 3 N–H and O–H groups in total. The number of aromatic carboxylic acids is 1. The molecule has 0 unspecified atom stereocenters. The first-order valence-corrected chi connectivity index (χ1v) is 6.71. The maximum Gasteiger partial charge on any atom is 0.345 e. The summed E-state index contributed by atoms with van der Waals surface area (Å²) in [5.74, 6) is -1.69. The minimum atomic E-state index is -1.04. The molecule has 0 fully saturated rings. The number of carbonyl (C=O) groups excluding carboxylic acids is 1. The van der Waals surface area contributed by atoms with Crippen LogP contribution in [0.2, 0.25) is 0 Å². The predicted octanol–water partition coefficient (Wildman–Crippen LogP) is 3.17. The molecular formula is C12H8BrNO4S. The lowest BCUT2D eigenvalue weighted by atomic mass is 10.2. The zero-order valence-corrected chi connectivity index (χ0v) is 11.8. The Morgan fingerprint density at radius 3 is 2.53 bits per heavy atom. The number of anilines is 1. The van der Waals surface area contributed by atoms with E-state index < -0.39 is 11.9 Å². The van der Waals surface area contributed by atoms with Crippen molar-refractivity contribution >= 4 is 44.1 Å². The maximum absolute atomic E-state index is 11.9. The SMILES string of the molecule is O=C(O)c1ccc(NC(=O)c2ccc(Br)cc2O)s1. The van der Waals surface area contributed by atoms with Crippen molar-refractivity contribution in [3.8, 4) is 5.75 Å². The third-order valence-electron chi connectivity index (χ3n) is 2.26. The van der Waals surface area contributed by atoms with E-state index in [-0.39, 0.29) is 16.2 Å². The number of halogens is 1. The molecule has 0 spiro atoms. The van der Waals surface area contributed by atoms with Crippen LogP contribution in [-0.4, -0.2) is 22.1 Å².